The van der Waals surface area contributed by atoms with E-state index in [0.29, 0.717) is 16.9 Å². The number of benzene rings is 2. The van der Waals surface area contributed by atoms with Gasteiger partial charge in [0.05, 0.1) is 19.9 Å². The maximum atomic E-state index is 12.7. The number of anilines is 1. The Morgan fingerprint density at radius 2 is 1.50 bits per heavy atom. The number of ether oxygens (including phenoxy) is 2. The molecule has 1 heterocycles. The standard InChI is InChI=1S/C23H25N3O4/c1-5-25(6-2)17-14-12-16(13-15-17)20-19(22(27)29-3)21(23(28)30-4)26(24-20)18-10-8-7-9-11-18/h7-15H,5-6H2,1-4H3. The van der Waals surface area contributed by atoms with Gasteiger partial charge in [-0.2, -0.15) is 5.10 Å². The molecule has 7 nitrogen and oxygen atoms in total. The van der Waals surface area contributed by atoms with Crippen LogP contribution in [0, 0.1) is 0 Å². The van der Waals surface area contributed by atoms with Crippen LogP contribution >= 0.6 is 0 Å². The summed E-state index contributed by atoms with van der Waals surface area (Å²) in [6, 6.07) is 16.8. The van der Waals surface area contributed by atoms with Gasteiger partial charge < -0.3 is 14.4 Å². The van der Waals surface area contributed by atoms with Crippen LogP contribution < -0.4 is 4.90 Å². The van der Waals surface area contributed by atoms with Crippen LogP contribution in [-0.4, -0.2) is 49.0 Å². The molecule has 3 aromatic rings. The second kappa shape index (κ2) is 9.26. The van der Waals surface area contributed by atoms with Crippen molar-refractivity contribution in [3.63, 3.8) is 0 Å². The summed E-state index contributed by atoms with van der Waals surface area (Å²) >= 11 is 0. The smallest absolute Gasteiger partial charge is 0.357 e. The molecule has 156 valence electrons. The first-order valence-corrected chi connectivity index (χ1v) is 9.76. The van der Waals surface area contributed by atoms with E-state index in [1.165, 1.54) is 18.9 Å². The van der Waals surface area contributed by atoms with Gasteiger partial charge in [0, 0.05) is 24.3 Å². The van der Waals surface area contributed by atoms with E-state index < -0.39 is 11.9 Å². The fraction of sp³-hybridized carbons (Fsp3) is 0.261. The molecule has 0 saturated carbocycles. The van der Waals surface area contributed by atoms with E-state index in [0.717, 1.165) is 18.8 Å². The molecule has 0 fully saturated rings. The minimum absolute atomic E-state index is 0.0263. The van der Waals surface area contributed by atoms with Gasteiger partial charge >= 0.3 is 11.9 Å². The number of rotatable bonds is 7. The van der Waals surface area contributed by atoms with Crippen molar-refractivity contribution in [2.45, 2.75) is 13.8 Å². The number of aromatic nitrogens is 2. The van der Waals surface area contributed by atoms with Gasteiger partial charge in [-0.15, -0.1) is 0 Å². The summed E-state index contributed by atoms with van der Waals surface area (Å²) in [5, 5.41) is 4.60. The summed E-state index contributed by atoms with van der Waals surface area (Å²) in [7, 11) is 2.54. The molecule has 0 aliphatic rings. The second-order valence-corrected chi connectivity index (χ2v) is 6.52. The number of hydrogen-bond donors (Lipinski definition) is 0. The van der Waals surface area contributed by atoms with Gasteiger partial charge in [0.25, 0.3) is 0 Å². The van der Waals surface area contributed by atoms with Gasteiger partial charge in [0.2, 0.25) is 0 Å². The van der Waals surface area contributed by atoms with E-state index >= 15 is 0 Å². The van der Waals surface area contributed by atoms with Crippen molar-refractivity contribution in [1.29, 1.82) is 0 Å². The first kappa shape index (κ1) is 21.1. The molecule has 3 rings (SSSR count). The molecular weight excluding hydrogens is 382 g/mol. The maximum absolute atomic E-state index is 12.7. The van der Waals surface area contributed by atoms with E-state index in [1.54, 1.807) is 12.1 Å². The average molecular weight is 407 g/mol. The zero-order valence-electron chi connectivity index (χ0n) is 17.6. The van der Waals surface area contributed by atoms with Crippen LogP contribution in [-0.2, 0) is 9.47 Å². The monoisotopic (exact) mass is 407 g/mol. The highest BCUT2D eigenvalue weighted by molar-refractivity contribution is 6.06. The minimum atomic E-state index is -0.669. The van der Waals surface area contributed by atoms with Gasteiger partial charge in [-0.05, 0) is 38.1 Å². The zero-order valence-corrected chi connectivity index (χ0v) is 17.6. The van der Waals surface area contributed by atoms with Crippen molar-refractivity contribution in [1.82, 2.24) is 9.78 Å². The fourth-order valence-corrected chi connectivity index (χ4v) is 3.38. The van der Waals surface area contributed by atoms with Crippen LogP contribution in [0.25, 0.3) is 16.9 Å². The fourth-order valence-electron chi connectivity index (χ4n) is 3.38. The lowest BCUT2D eigenvalue weighted by Gasteiger charge is -2.21. The molecule has 0 atom stereocenters. The Morgan fingerprint density at radius 1 is 0.900 bits per heavy atom. The molecule has 0 unspecified atom stereocenters. The number of esters is 2. The molecule has 0 radical (unpaired) electrons. The molecule has 0 bridgehead atoms. The normalized spacial score (nSPS) is 10.5. The number of para-hydroxylation sites is 1. The minimum Gasteiger partial charge on any atom is -0.465 e. The molecule has 30 heavy (non-hydrogen) atoms. The molecule has 1 aromatic heterocycles. The summed E-state index contributed by atoms with van der Waals surface area (Å²) in [6.45, 7) is 5.96. The molecule has 0 saturated heterocycles. The number of carbonyl (C=O) groups is 2. The first-order chi connectivity index (χ1) is 14.5. The second-order valence-electron chi connectivity index (χ2n) is 6.52. The van der Waals surface area contributed by atoms with Gasteiger partial charge in [-0.3, -0.25) is 0 Å². The summed E-state index contributed by atoms with van der Waals surface area (Å²) in [5.41, 5.74) is 2.86. The summed E-state index contributed by atoms with van der Waals surface area (Å²) < 4.78 is 11.3. The molecule has 0 amide bonds. The number of hydrogen-bond acceptors (Lipinski definition) is 6. The van der Waals surface area contributed by atoms with E-state index in [2.05, 4.69) is 23.8 Å². The van der Waals surface area contributed by atoms with Crippen molar-refractivity contribution in [2.75, 3.05) is 32.2 Å². The maximum Gasteiger partial charge on any atom is 0.357 e. The number of carbonyl (C=O) groups excluding carboxylic acids is 2. The van der Waals surface area contributed by atoms with E-state index in [9.17, 15) is 9.59 Å². The van der Waals surface area contributed by atoms with Gasteiger partial charge in [0.1, 0.15) is 11.3 Å². The third-order valence-electron chi connectivity index (χ3n) is 4.92. The zero-order chi connectivity index (χ0) is 21.7. The van der Waals surface area contributed by atoms with E-state index in [4.69, 9.17) is 9.47 Å². The molecule has 7 heteroatoms. The lowest BCUT2D eigenvalue weighted by molar-refractivity contribution is 0.0549. The Labute approximate surface area is 175 Å². The van der Waals surface area contributed by atoms with Crippen molar-refractivity contribution in [3.05, 3.63) is 65.9 Å². The Balaban J connectivity index is 2.22. The quantitative estimate of drug-likeness (QED) is 0.552. The van der Waals surface area contributed by atoms with Gasteiger partial charge in [-0.25, -0.2) is 14.3 Å². The van der Waals surface area contributed by atoms with Gasteiger partial charge in [0.15, 0.2) is 5.69 Å². The Bertz CT molecular complexity index is 1020. The average Bonchev–Trinajstić information content (AvgIpc) is 3.20. The third-order valence-corrected chi connectivity index (χ3v) is 4.92. The molecule has 2 aromatic carbocycles. The van der Waals surface area contributed by atoms with Crippen LogP contribution in [0.3, 0.4) is 0 Å². The number of nitrogens with zero attached hydrogens (tertiary/aromatic N) is 3. The highest BCUT2D eigenvalue weighted by atomic mass is 16.5. The van der Waals surface area contributed by atoms with Crippen LogP contribution in [0.2, 0.25) is 0 Å². The molecule has 0 N–H and O–H groups in total. The van der Waals surface area contributed by atoms with Crippen molar-refractivity contribution in [3.8, 4) is 16.9 Å². The van der Waals surface area contributed by atoms with E-state index in [-0.39, 0.29) is 11.3 Å². The SMILES string of the molecule is CCN(CC)c1ccc(-c2nn(-c3ccccc3)c(C(=O)OC)c2C(=O)OC)cc1. The molecular formula is C23H25N3O4. The van der Waals surface area contributed by atoms with Crippen LogP contribution in [0.1, 0.15) is 34.7 Å². The lowest BCUT2D eigenvalue weighted by atomic mass is 10.0. The number of methoxy groups -OCH3 is 2. The van der Waals surface area contributed by atoms with Crippen LogP contribution in [0.5, 0.6) is 0 Å². The highest BCUT2D eigenvalue weighted by Crippen LogP contribution is 2.30. The molecule has 0 aliphatic carbocycles. The first-order valence-electron chi connectivity index (χ1n) is 9.76. The topological polar surface area (TPSA) is 73.7 Å². The summed E-state index contributed by atoms with van der Waals surface area (Å²) in [4.78, 5) is 27.5. The van der Waals surface area contributed by atoms with Crippen LogP contribution in [0.4, 0.5) is 5.69 Å². The Kier molecular flexibility index (Phi) is 6.51. The van der Waals surface area contributed by atoms with Crippen molar-refractivity contribution >= 4 is 17.6 Å². The summed E-state index contributed by atoms with van der Waals surface area (Å²) in [5.74, 6) is -1.32. The predicted molar refractivity (Wildman–Crippen MR) is 115 cm³/mol. The molecule has 0 aliphatic heterocycles. The summed E-state index contributed by atoms with van der Waals surface area (Å²) in [6.07, 6.45) is 0. The van der Waals surface area contributed by atoms with Crippen LogP contribution in [0.15, 0.2) is 54.6 Å². The Hall–Kier alpha value is -3.61. The largest absolute Gasteiger partial charge is 0.465 e. The lowest BCUT2D eigenvalue weighted by Crippen LogP contribution is -2.21. The third kappa shape index (κ3) is 3.91. The van der Waals surface area contributed by atoms with Crippen molar-refractivity contribution < 1.29 is 19.1 Å². The van der Waals surface area contributed by atoms with Crippen molar-refractivity contribution in [2.24, 2.45) is 0 Å². The predicted octanol–water partition coefficient (Wildman–Crippen LogP) is 3.96. The Morgan fingerprint density at radius 3 is 2.03 bits per heavy atom. The molecule has 0 spiro atoms. The van der Waals surface area contributed by atoms with E-state index in [1.807, 2.05) is 42.5 Å². The highest BCUT2D eigenvalue weighted by Gasteiger charge is 2.31. The van der Waals surface area contributed by atoms with Gasteiger partial charge in [-0.1, -0.05) is 30.3 Å².